The van der Waals surface area contributed by atoms with E-state index in [4.69, 9.17) is 20.3 Å². The molecule has 1 heterocycles. The highest BCUT2D eigenvalue weighted by Gasteiger charge is 2.33. The molecule has 1 saturated carbocycles. The Morgan fingerprint density at radius 3 is 2.65 bits per heavy atom. The number of hydrogen-bond donors (Lipinski definition) is 2. The van der Waals surface area contributed by atoms with Crippen LogP contribution in [0.25, 0.3) is 0 Å². The van der Waals surface area contributed by atoms with E-state index in [1.807, 2.05) is 6.07 Å². The molecule has 0 unspecified atom stereocenters. The van der Waals surface area contributed by atoms with Gasteiger partial charge < -0.3 is 14.9 Å². The van der Waals surface area contributed by atoms with Crippen molar-refractivity contribution in [1.29, 1.82) is 10.8 Å². The number of hydrogen-bond acceptors (Lipinski definition) is 5. The fourth-order valence-corrected chi connectivity index (χ4v) is 2.09. The highest BCUT2D eigenvalue weighted by atomic mass is 19.2. The van der Waals surface area contributed by atoms with E-state index in [1.165, 1.54) is 20.0 Å². The van der Waals surface area contributed by atoms with Gasteiger partial charge in [0.05, 0.1) is 12.4 Å². The summed E-state index contributed by atoms with van der Waals surface area (Å²) in [6.45, 7) is 2.68. The minimum atomic E-state index is -1.72. The summed E-state index contributed by atoms with van der Waals surface area (Å²) < 4.78 is 23.6. The van der Waals surface area contributed by atoms with Gasteiger partial charge in [-0.25, -0.2) is 0 Å². The largest absolute Gasteiger partial charge is 0.474 e. The summed E-state index contributed by atoms with van der Waals surface area (Å²) in [6.07, 6.45) is 3.94. The van der Waals surface area contributed by atoms with Crippen LogP contribution < -0.4 is 4.74 Å². The van der Waals surface area contributed by atoms with E-state index in [0.29, 0.717) is 5.75 Å². The Hall–Kier alpha value is -1.98. The molecule has 0 atom stereocenters. The van der Waals surface area contributed by atoms with Crippen LogP contribution in [0.1, 0.15) is 38.3 Å². The molecule has 1 aliphatic rings. The van der Waals surface area contributed by atoms with Gasteiger partial charge in [0, 0.05) is 25.5 Å². The first-order valence-electron chi connectivity index (χ1n) is 6.47. The van der Waals surface area contributed by atoms with Gasteiger partial charge in [-0.3, -0.25) is 10.4 Å². The third-order valence-electron chi connectivity index (χ3n) is 3.06. The normalized spacial score (nSPS) is 21.8. The van der Waals surface area contributed by atoms with Crippen LogP contribution in [0.5, 0.6) is 5.75 Å². The van der Waals surface area contributed by atoms with E-state index in [-0.39, 0.29) is 17.9 Å². The van der Waals surface area contributed by atoms with Gasteiger partial charge in [0.25, 0.3) is 0 Å². The molecule has 5 nitrogen and oxygen atoms in total. The number of nitrogens with one attached hydrogen (secondary N) is 2. The Balaban J connectivity index is 1.86. The number of rotatable bonds is 5. The molecule has 0 saturated heterocycles. The second-order valence-electron chi connectivity index (χ2n) is 5.30. The molecule has 1 aromatic rings. The second-order valence-corrected chi connectivity index (χ2v) is 5.30. The molecule has 0 radical (unpaired) electrons. The smallest absolute Gasteiger partial charge is 0.242 e. The summed E-state index contributed by atoms with van der Waals surface area (Å²) in [4.78, 5) is 4.27. The standard InChI is InChI=1S/C14H18FN3O2/c1-14(2,15)20-10-3-4-12(18-8-10)9-5-11(6-9)19-13(17)7-16/h3-4,7-9,11,16-17H,5-6H2,1-2H3/t9-,11+. The lowest BCUT2D eigenvalue weighted by atomic mass is 9.80. The summed E-state index contributed by atoms with van der Waals surface area (Å²) >= 11 is 0. The second kappa shape index (κ2) is 5.56. The van der Waals surface area contributed by atoms with Crippen molar-refractivity contribution in [2.75, 3.05) is 0 Å². The van der Waals surface area contributed by atoms with Crippen molar-refractivity contribution in [2.45, 2.75) is 44.6 Å². The molecular formula is C14H18FN3O2. The monoisotopic (exact) mass is 279 g/mol. The summed E-state index contributed by atoms with van der Waals surface area (Å²) in [7, 11) is 0. The van der Waals surface area contributed by atoms with Gasteiger partial charge in [-0.15, -0.1) is 0 Å². The molecule has 0 spiro atoms. The molecule has 2 N–H and O–H groups in total. The Bertz CT molecular complexity index is 490. The third-order valence-corrected chi connectivity index (χ3v) is 3.06. The Labute approximate surface area is 117 Å². The van der Waals surface area contributed by atoms with Crippen molar-refractivity contribution in [3.63, 3.8) is 0 Å². The van der Waals surface area contributed by atoms with Crippen molar-refractivity contribution < 1.29 is 13.9 Å². The number of pyridine rings is 1. The van der Waals surface area contributed by atoms with Gasteiger partial charge in [-0.05, 0) is 25.0 Å². The first-order valence-corrected chi connectivity index (χ1v) is 6.47. The van der Waals surface area contributed by atoms with Gasteiger partial charge in [0.15, 0.2) is 0 Å². The van der Waals surface area contributed by atoms with Crippen LogP contribution in [0.4, 0.5) is 4.39 Å². The van der Waals surface area contributed by atoms with E-state index in [2.05, 4.69) is 4.98 Å². The van der Waals surface area contributed by atoms with Crippen LogP contribution in [0, 0.1) is 10.8 Å². The lowest BCUT2D eigenvalue weighted by Gasteiger charge is -2.34. The topological polar surface area (TPSA) is 79.0 Å². The van der Waals surface area contributed by atoms with Gasteiger partial charge in [-0.1, -0.05) is 0 Å². The molecule has 6 heteroatoms. The Kier molecular flexibility index (Phi) is 4.01. The number of aromatic nitrogens is 1. The maximum atomic E-state index is 13.3. The quantitative estimate of drug-likeness (QED) is 0.642. The zero-order chi connectivity index (χ0) is 14.8. The van der Waals surface area contributed by atoms with Crippen LogP contribution in [-0.4, -0.2) is 29.1 Å². The molecular weight excluding hydrogens is 261 g/mol. The maximum Gasteiger partial charge on any atom is 0.242 e. The van der Waals surface area contributed by atoms with Gasteiger partial charge in [0.2, 0.25) is 11.8 Å². The molecule has 0 bridgehead atoms. The van der Waals surface area contributed by atoms with Gasteiger partial charge >= 0.3 is 0 Å². The average Bonchev–Trinajstić information content (AvgIpc) is 2.32. The van der Waals surface area contributed by atoms with Crippen molar-refractivity contribution in [2.24, 2.45) is 0 Å². The van der Waals surface area contributed by atoms with Crippen LogP contribution in [-0.2, 0) is 4.74 Å². The fourth-order valence-electron chi connectivity index (χ4n) is 2.09. The number of alkyl halides is 1. The van der Waals surface area contributed by atoms with E-state index in [9.17, 15) is 4.39 Å². The van der Waals surface area contributed by atoms with Gasteiger partial charge in [-0.2, -0.15) is 4.39 Å². The average molecular weight is 279 g/mol. The van der Waals surface area contributed by atoms with Crippen LogP contribution >= 0.6 is 0 Å². The summed E-state index contributed by atoms with van der Waals surface area (Å²) in [6, 6.07) is 3.53. The Morgan fingerprint density at radius 1 is 1.45 bits per heavy atom. The highest BCUT2D eigenvalue weighted by Crippen LogP contribution is 2.38. The molecule has 0 amide bonds. The maximum absolute atomic E-state index is 13.3. The minimum absolute atomic E-state index is 0.0170. The molecule has 1 aliphatic carbocycles. The first-order chi connectivity index (χ1) is 9.37. The molecule has 0 aromatic carbocycles. The van der Waals surface area contributed by atoms with Crippen LogP contribution in [0.3, 0.4) is 0 Å². The SMILES string of the molecule is CC(C)(F)Oc1ccc([C@H]2C[C@@H](OC(=N)C=N)C2)nc1. The van der Waals surface area contributed by atoms with E-state index >= 15 is 0 Å². The molecule has 20 heavy (non-hydrogen) atoms. The summed E-state index contributed by atoms with van der Waals surface area (Å²) in [5.41, 5.74) is 0.912. The van der Waals surface area contributed by atoms with Crippen molar-refractivity contribution in [3.8, 4) is 5.75 Å². The van der Waals surface area contributed by atoms with Gasteiger partial charge in [0.1, 0.15) is 11.9 Å². The van der Waals surface area contributed by atoms with E-state index in [0.717, 1.165) is 24.8 Å². The van der Waals surface area contributed by atoms with Crippen LogP contribution in [0.15, 0.2) is 18.3 Å². The molecule has 108 valence electrons. The van der Waals surface area contributed by atoms with Crippen LogP contribution in [0.2, 0.25) is 0 Å². The van der Waals surface area contributed by atoms with Crippen molar-refractivity contribution in [1.82, 2.24) is 4.98 Å². The van der Waals surface area contributed by atoms with Crippen molar-refractivity contribution >= 4 is 12.1 Å². The summed E-state index contributed by atoms with van der Waals surface area (Å²) in [5.74, 6) is -1.15. The van der Waals surface area contributed by atoms with E-state index < -0.39 is 5.85 Å². The number of ether oxygens (including phenoxy) is 2. The molecule has 1 aromatic heterocycles. The summed E-state index contributed by atoms with van der Waals surface area (Å²) in [5, 5.41) is 14.1. The fraction of sp³-hybridized carbons (Fsp3) is 0.500. The first kappa shape index (κ1) is 14.4. The van der Waals surface area contributed by atoms with E-state index in [1.54, 1.807) is 6.07 Å². The Morgan fingerprint density at radius 2 is 2.15 bits per heavy atom. The molecule has 2 rings (SSSR count). The zero-order valence-electron chi connectivity index (χ0n) is 11.5. The third kappa shape index (κ3) is 3.76. The lowest BCUT2D eigenvalue weighted by molar-refractivity contribution is -0.0260. The molecule has 0 aliphatic heterocycles. The number of nitrogens with zero attached hydrogens (tertiary/aromatic N) is 1. The predicted molar refractivity (Wildman–Crippen MR) is 73.4 cm³/mol. The molecule has 1 fully saturated rings. The zero-order valence-corrected chi connectivity index (χ0v) is 11.5. The highest BCUT2D eigenvalue weighted by molar-refractivity contribution is 6.23. The lowest BCUT2D eigenvalue weighted by Crippen LogP contribution is -2.32. The number of halogens is 1. The minimum Gasteiger partial charge on any atom is -0.474 e. The predicted octanol–water partition coefficient (Wildman–Crippen LogP) is 3.06. The van der Waals surface area contributed by atoms with Crippen molar-refractivity contribution in [3.05, 3.63) is 24.0 Å².